The Balaban J connectivity index is 1.63. The van der Waals surface area contributed by atoms with Crippen LogP contribution in [0.25, 0.3) is 17.0 Å². The quantitative estimate of drug-likeness (QED) is 0.418. The van der Waals surface area contributed by atoms with Crippen molar-refractivity contribution in [3.8, 4) is 0 Å². The van der Waals surface area contributed by atoms with Gasteiger partial charge in [-0.25, -0.2) is 0 Å². The predicted octanol–water partition coefficient (Wildman–Crippen LogP) is 6.13. The summed E-state index contributed by atoms with van der Waals surface area (Å²) in [7, 11) is 3.86. The Morgan fingerprint density at radius 2 is 1.79 bits per heavy atom. The lowest BCUT2D eigenvalue weighted by molar-refractivity contribution is -0.143. The molecular weight excluding hydrogens is 466 g/mol. The van der Waals surface area contributed by atoms with Crippen molar-refractivity contribution >= 4 is 35.0 Å². The van der Waals surface area contributed by atoms with Crippen LogP contribution in [-0.4, -0.2) is 40.5 Å². The van der Waals surface area contributed by atoms with Gasteiger partial charge in [-0.15, -0.1) is 0 Å². The van der Waals surface area contributed by atoms with Crippen LogP contribution >= 0.6 is 11.8 Å². The largest absolute Gasteiger partial charge is 0.416 e. The molecule has 0 amide bonds. The summed E-state index contributed by atoms with van der Waals surface area (Å²) in [5.74, 6) is 0. The molecule has 0 spiro atoms. The molecule has 1 aliphatic heterocycles. The number of hydrogen-bond acceptors (Lipinski definition) is 4. The van der Waals surface area contributed by atoms with Gasteiger partial charge in [-0.2, -0.15) is 31.4 Å². The lowest BCUT2D eigenvalue weighted by Crippen LogP contribution is -2.20. The van der Waals surface area contributed by atoms with Gasteiger partial charge in [0.1, 0.15) is 0 Å². The highest BCUT2D eigenvalue weighted by Gasteiger charge is 2.38. The molecule has 0 saturated carbocycles. The van der Waals surface area contributed by atoms with E-state index in [1.807, 2.05) is 37.2 Å². The van der Waals surface area contributed by atoms with Crippen LogP contribution in [0.3, 0.4) is 0 Å². The van der Waals surface area contributed by atoms with E-state index >= 15 is 0 Å². The number of fused-ring (bicyclic) bond motifs is 1. The number of aliphatic imine (C=N–C) groups is 1. The fourth-order valence-electron chi connectivity index (χ4n) is 3.43. The molecule has 0 bridgehead atoms. The summed E-state index contributed by atoms with van der Waals surface area (Å²) < 4.78 is 80.5. The van der Waals surface area contributed by atoms with Crippen LogP contribution in [0.2, 0.25) is 0 Å². The van der Waals surface area contributed by atoms with Gasteiger partial charge in [-0.05, 0) is 55.6 Å². The van der Waals surface area contributed by atoms with Crippen LogP contribution in [0.1, 0.15) is 22.3 Å². The molecular formula is C22H18F6N4S. The summed E-state index contributed by atoms with van der Waals surface area (Å²) >= 11 is 1.59. The van der Waals surface area contributed by atoms with Gasteiger partial charge < -0.3 is 0 Å². The average Bonchev–Trinajstić information content (AvgIpc) is 3.34. The third-order valence-corrected chi connectivity index (χ3v) is 6.30. The van der Waals surface area contributed by atoms with Gasteiger partial charge in [0.2, 0.25) is 0 Å². The molecule has 0 N–H and O–H groups in total. The van der Waals surface area contributed by atoms with E-state index in [2.05, 4.69) is 10.1 Å². The minimum absolute atomic E-state index is 0.00861. The zero-order valence-corrected chi connectivity index (χ0v) is 18.3. The van der Waals surface area contributed by atoms with Gasteiger partial charge in [-0.1, -0.05) is 23.9 Å². The molecule has 33 heavy (non-hydrogen) atoms. The highest BCUT2D eigenvalue weighted by molar-refractivity contribution is 8.04. The second kappa shape index (κ2) is 8.53. The fourth-order valence-corrected chi connectivity index (χ4v) is 4.33. The number of benzene rings is 2. The third kappa shape index (κ3) is 5.09. The fraction of sp³-hybridized carbons (Fsp3) is 0.273. The number of aromatic nitrogens is 2. The lowest BCUT2D eigenvalue weighted by atomic mass is 10.0. The first-order chi connectivity index (χ1) is 15.4. The maximum absolute atomic E-state index is 13.5. The summed E-state index contributed by atoms with van der Waals surface area (Å²) in [5, 5.41) is 4.86. The van der Waals surface area contributed by atoms with Crippen molar-refractivity contribution in [1.29, 1.82) is 0 Å². The van der Waals surface area contributed by atoms with E-state index < -0.39 is 23.5 Å². The number of allylic oxidation sites excluding steroid dienone is 1. The smallest absolute Gasteiger partial charge is 0.279 e. The number of halogens is 6. The normalized spacial score (nSPS) is 18.2. The number of alkyl halides is 6. The van der Waals surface area contributed by atoms with E-state index in [1.54, 1.807) is 24.0 Å². The molecule has 2 heterocycles. The van der Waals surface area contributed by atoms with Gasteiger partial charge >= 0.3 is 12.4 Å². The molecule has 1 aliphatic rings. The molecule has 0 fully saturated rings. The van der Waals surface area contributed by atoms with Crippen molar-refractivity contribution < 1.29 is 26.3 Å². The SMILES string of the molecule is CN(C)C1N=CC(=Cc2ccc3c(cnn3Cc3ccc(C(F)(F)F)cc3C(F)(F)F)c2)S1. The molecule has 4 rings (SSSR count). The zero-order chi connectivity index (χ0) is 24.0. The highest BCUT2D eigenvalue weighted by Crippen LogP contribution is 2.38. The van der Waals surface area contributed by atoms with Crippen molar-refractivity contribution in [1.82, 2.24) is 14.7 Å². The number of rotatable bonds is 4. The monoisotopic (exact) mass is 484 g/mol. The van der Waals surface area contributed by atoms with Gasteiger partial charge in [0.25, 0.3) is 0 Å². The van der Waals surface area contributed by atoms with Crippen molar-refractivity contribution in [2.45, 2.75) is 24.4 Å². The summed E-state index contributed by atoms with van der Waals surface area (Å²) in [6.45, 7) is -0.316. The maximum Gasteiger partial charge on any atom is 0.416 e. The van der Waals surface area contributed by atoms with E-state index in [1.165, 1.54) is 10.9 Å². The van der Waals surface area contributed by atoms with Crippen molar-refractivity contribution in [3.05, 3.63) is 69.8 Å². The standard InChI is InChI=1S/C22H18F6N4S/c1-31(2)20-29-11-17(33-20)8-13-3-6-19-15(7-13)10-30-32(19)12-14-4-5-16(21(23,24)25)9-18(14)22(26,27)28/h3-11,20H,12H2,1-2H3. The highest BCUT2D eigenvalue weighted by atomic mass is 32.2. The number of nitrogens with zero attached hydrogens (tertiary/aromatic N) is 4. The molecule has 4 nitrogen and oxygen atoms in total. The minimum Gasteiger partial charge on any atom is -0.279 e. The minimum atomic E-state index is -4.93. The Morgan fingerprint density at radius 3 is 2.42 bits per heavy atom. The number of thioether (sulfide) groups is 1. The topological polar surface area (TPSA) is 33.4 Å². The van der Waals surface area contributed by atoms with Crippen LogP contribution in [0, 0.1) is 0 Å². The van der Waals surface area contributed by atoms with Crippen molar-refractivity contribution in [2.75, 3.05) is 14.1 Å². The van der Waals surface area contributed by atoms with E-state index in [0.29, 0.717) is 17.0 Å². The first-order valence-corrected chi connectivity index (χ1v) is 10.6. The van der Waals surface area contributed by atoms with E-state index in [9.17, 15) is 26.3 Å². The summed E-state index contributed by atoms with van der Waals surface area (Å²) in [4.78, 5) is 7.34. The van der Waals surface area contributed by atoms with Crippen LogP contribution in [0.5, 0.6) is 0 Å². The Bertz CT molecular complexity index is 1240. The molecule has 1 atom stereocenters. The summed E-state index contributed by atoms with van der Waals surface area (Å²) in [6.07, 6.45) is -4.54. The summed E-state index contributed by atoms with van der Waals surface area (Å²) in [5.41, 5.74) is -1.50. The Labute approximate surface area is 189 Å². The van der Waals surface area contributed by atoms with Gasteiger partial charge in [0, 0.05) is 16.5 Å². The molecule has 1 aromatic heterocycles. The predicted molar refractivity (Wildman–Crippen MR) is 117 cm³/mol. The molecule has 3 aromatic rings. The average molecular weight is 484 g/mol. The van der Waals surface area contributed by atoms with E-state index in [-0.39, 0.29) is 23.7 Å². The summed E-state index contributed by atoms with van der Waals surface area (Å²) in [6, 6.07) is 7.04. The van der Waals surface area contributed by atoms with Gasteiger partial charge in [0.15, 0.2) is 5.50 Å². The van der Waals surface area contributed by atoms with Crippen LogP contribution in [-0.2, 0) is 18.9 Å². The second-order valence-electron chi connectivity index (χ2n) is 7.72. The Hall–Kier alpha value is -2.79. The lowest BCUT2D eigenvalue weighted by Gasteiger charge is -2.16. The first kappa shape index (κ1) is 23.4. The van der Waals surface area contributed by atoms with Gasteiger partial charge in [0.05, 0.1) is 29.4 Å². The third-order valence-electron chi connectivity index (χ3n) is 5.05. The van der Waals surface area contributed by atoms with Crippen LogP contribution in [0.15, 0.2) is 52.5 Å². The van der Waals surface area contributed by atoms with Crippen molar-refractivity contribution in [2.24, 2.45) is 4.99 Å². The molecule has 0 aliphatic carbocycles. The molecule has 0 saturated heterocycles. The zero-order valence-electron chi connectivity index (χ0n) is 17.4. The van der Waals surface area contributed by atoms with Gasteiger partial charge in [-0.3, -0.25) is 14.6 Å². The Morgan fingerprint density at radius 1 is 1.03 bits per heavy atom. The maximum atomic E-state index is 13.5. The number of hydrogen-bond donors (Lipinski definition) is 0. The molecule has 11 heteroatoms. The van der Waals surface area contributed by atoms with E-state index in [4.69, 9.17) is 0 Å². The van der Waals surface area contributed by atoms with Crippen LogP contribution < -0.4 is 0 Å². The van der Waals surface area contributed by atoms with E-state index in [0.717, 1.165) is 16.5 Å². The van der Waals surface area contributed by atoms with Crippen molar-refractivity contribution in [3.63, 3.8) is 0 Å². The molecule has 174 valence electrons. The second-order valence-corrected chi connectivity index (χ2v) is 8.85. The molecule has 0 radical (unpaired) electrons. The Kier molecular flexibility index (Phi) is 6.04. The molecule has 1 unspecified atom stereocenters. The van der Waals surface area contributed by atoms with Crippen LogP contribution in [0.4, 0.5) is 26.3 Å². The first-order valence-electron chi connectivity index (χ1n) is 9.73. The molecule has 2 aromatic carbocycles.